The lowest BCUT2D eigenvalue weighted by molar-refractivity contribution is -0.138. The van der Waals surface area contributed by atoms with Gasteiger partial charge in [0.15, 0.2) is 5.96 Å². The van der Waals surface area contributed by atoms with Crippen LogP contribution in [0.1, 0.15) is 19.4 Å². The van der Waals surface area contributed by atoms with E-state index in [0.29, 0.717) is 19.1 Å². The minimum absolute atomic E-state index is 0.0440. The number of halogens is 3. The predicted molar refractivity (Wildman–Crippen MR) is 87.4 cm³/mol. The standard InChI is InChI=1S/C16H24F3N3O2/c1-4-20-15(22-12(2)11-23-3)21-9-10-24-14-8-6-5-7-13(14)16(17,18)19/h5-8,12H,4,9-11H2,1-3H3,(H2,20,21,22). The number of aliphatic imine (C=N–C) groups is 1. The van der Waals surface area contributed by atoms with Crippen LogP contribution in [0.4, 0.5) is 13.2 Å². The fraction of sp³-hybridized carbons (Fsp3) is 0.562. The molecule has 0 aliphatic carbocycles. The van der Waals surface area contributed by atoms with Crippen LogP contribution in [-0.2, 0) is 10.9 Å². The number of ether oxygens (including phenoxy) is 2. The molecule has 2 N–H and O–H groups in total. The second-order valence-corrected chi connectivity index (χ2v) is 5.10. The van der Waals surface area contributed by atoms with Crippen LogP contribution in [0.15, 0.2) is 29.3 Å². The first kappa shape index (κ1) is 20.1. The van der Waals surface area contributed by atoms with Crippen LogP contribution in [0.2, 0.25) is 0 Å². The lowest BCUT2D eigenvalue weighted by Gasteiger charge is -2.17. The largest absolute Gasteiger partial charge is 0.491 e. The van der Waals surface area contributed by atoms with E-state index in [-0.39, 0.29) is 24.9 Å². The molecule has 136 valence electrons. The average Bonchev–Trinajstić information content (AvgIpc) is 2.51. The van der Waals surface area contributed by atoms with Crippen molar-refractivity contribution in [2.24, 2.45) is 4.99 Å². The van der Waals surface area contributed by atoms with Crippen molar-refractivity contribution in [3.05, 3.63) is 29.8 Å². The number of hydrogen-bond acceptors (Lipinski definition) is 3. The van der Waals surface area contributed by atoms with E-state index >= 15 is 0 Å². The molecule has 0 heterocycles. The third-order valence-electron chi connectivity index (χ3n) is 2.96. The first-order valence-corrected chi connectivity index (χ1v) is 7.71. The summed E-state index contributed by atoms with van der Waals surface area (Å²) in [6, 6.07) is 5.19. The molecule has 0 radical (unpaired) electrons. The van der Waals surface area contributed by atoms with Gasteiger partial charge in [0.1, 0.15) is 12.4 Å². The fourth-order valence-electron chi connectivity index (χ4n) is 1.98. The molecule has 0 aromatic heterocycles. The molecule has 5 nitrogen and oxygen atoms in total. The molecule has 0 aliphatic heterocycles. The van der Waals surface area contributed by atoms with Gasteiger partial charge in [0.25, 0.3) is 0 Å². The lowest BCUT2D eigenvalue weighted by atomic mass is 10.2. The van der Waals surface area contributed by atoms with Gasteiger partial charge >= 0.3 is 6.18 Å². The van der Waals surface area contributed by atoms with Crippen LogP contribution >= 0.6 is 0 Å². The number of para-hydroxylation sites is 1. The summed E-state index contributed by atoms with van der Waals surface area (Å²) in [4.78, 5) is 4.28. The minimum atomic E-state index is -4.44. The molecule has 1 aromatic carbocycles. The average molecular weight is 347 g/mol. The SMILES string of the molecule is CCNC(=NCCOc1ccccc1C(F)(F)F)NC(C)COC. The Bertz CT molecular complexity index is 522. The van der Waals surface area contributed by atoms with Crippen LogP contribution < -0.4 is 15.4 Å². The molecular weight excluding hydrogens is 323 g/mol. The molecule has 0 bridgehead atoms. The number of alkyl halides is 3. The third-order valence-corrected chi connectivity index (χ3v) is 2.96. The van der Waals surface area contributed by atoms with Gasteiger partial charge in [0.05, 0.1) is 18.7 Å². The fourth-order valence-corrected chi connectivity index (χ4v) is 1.98. The summed E-state index contributed by atoms with van der Waals surface area (Å²) in [5.74, 6) is 0.376. The van der Waals surface area contributed by atoms with Crippen molar-refractivity contribution in [3.63, 3.8) is 0 Å². The van der Waals surface area contributed by atoms with E-state index in [0.717, 1.165) is 6.07 Å². The zero-order chi connectivity index (χ0) is 18.0. The summed E-state index contributed by atoms with van der Waals surface area (Å²) < 4.78 is 48.9. The monoisotopic (exact) mass is 347 g/mol. The second-order valence-electron chi connectivity index (χ2n) is 5.10. The Morgan fingerprint density at radius 1 is 1.29 bits per heavy atom. The molecule has 1 rings (SSSR count). The topological polar surface area (TPSA) is 54.9 Å². The van der Waals surface area contributed by atoms with E-state index in [1.54, 1.807) is 7.11 Å². The molecule has 1 atom stereocenters. The van der Waals surface area contributed by atoms with E-state index in [9.17, 15) is 13.2 Å². The summed E-state index contributed by atoms with van der Waals surface area (Å²) in [5.41, 5.74) is -0.785. The van der Waals surface area contributed by atoms with Crippen molar-refractivity contribution in [2.45, 2.75) is 26.1 Å². The highest BCUT2D eigenvalue weighted by Crippen LogP contribution is 2.35. The van der Waals surface area contributed by atoms with Crippen LogP contribution in [0, 0.1) is 0 Å². The van der Waals surface area contributed by atoms with Crippen molar-refractivity contribution < 1.29 is 22.6 Å². The van der Waals surface area contributed by atoms with Gasteiger partial charge in [-0.05, 0) is 26.0 Å². The number of nitrogens with zero attached hydrogens (tertiary/aromatic N) is 1. The number of rotatable bonds is 8. The highest BCUT2D eigenvalue weighted by Gasteiger charge is 2.33. The molecule has 1 unspecified atom stereocenters. The molecular formula is C16H24F3N3O2. The highest BCUT2D eigenvalue weighted by molar-refractivity contribution is 5.80. The Labute approximate surface area is 140 Å². The van der Waals surface area contributed by atoms with Crippen LogP contribution in [0.25, 0.3) is 0 Å². The summed E-state index contributed by atoms with van der Waals surface area (Å²) in [5, 5.41) is 6.19. The summed E-state index contributed by atoms with van der Waals surface area (Å²) >= 11 is 0. The van der Waals surface area contributed by atoms with Gasteiger partial charge < -0.3 is 20.1 Å². The lowest BCUT2D eigenvalue weighted by Crippen LogP contribution is -2.44. The second kappa shape index (κ2) is 10.0. The first-order valence-electron chi connectivity index (χ1n) is 7.71. The van der Waals surface area contributed by atoms with Crippen LogP contribution in [0.3, 0.4) is 0 Å². The molecule has 0 fully saturated rings. The van der Waals surface area contributed by atoms with Crippen molar-refractivity contribution in [3.8, 4) is 5.75 Å². The van der Waals surface area contributed by atoms with Gasteiger partial charge in [0, 0.05) is 19.7 Å². The maximum Gasteiger partial charge on any atom is 0.419 e. The van der Waals surface area contributed by atoms with Crippen LogP contribution in [-0.4, -0.2) is 45.4 Å². The Hall–Kier alpha value is -1.96. The van der Waals surface area contributed by atoms with Crippen molar-refractivity contribution in [2.75, 3.05) is 33.4 Å². The predicted octanol–water partition coefficient (Wildman–Crippen LogP) is 2.67. The van der Waals surface area contributed by atoms with E-state index in [1.807, 2.05) is 13.8 Å². The smallest absolute Gasteiger partial charge is 0.419 e. The number of nitrogens with one attached hydrogen (secondary N) is 2. The molecule has 0 saturated heterocycles. The van der Waals surface area contributed by atoms with E-state index in [2.05, 4.69) is 15.6 Å². The maximum absolute atomic E-state index is 12.9. The van der Waals surface area contributed by atoms with E-state index < -0.39 is 11.7 Å². The molecule has 0 amide bonds. The Kier molecular flexibility index (Phi) is 8.39. The molecule has 0 spiro atoms. The van der Waals surface area contributed by atoms with Gasteiger partial charge in [-0.2, -0.15) is 13.2 Å². The Balaban J connectivity index is 2.59. The quantitative estimate of drug-likeness (QED) is 0.431. The third kappa shape index (κ3) is 7.08. The highest BCUT2D eigenvalue weighted by atomic mass is 19.4. The van der Waals surface area contributed by atoms with Gasteiger partial charge in [-0.1, -0.05) is 12.1 Å². The molecule has 24 heavy (non-hydrogen) atoms. The molecule has 1 aromatic rings. The Morgan fingerprint density at radius 3 is 2.62 bits per heavy atom. The molecule has 0 saturated carbocycles. The minimum Gasteiger partial charge on any atom is -0.491 e. The van der Waals surface area contributed by atoms with Crippen molar-refractivity contribution >= 4 is 5.96 Å². The number of guanidine groups is 1. The Morgan fingerprint density at radius 2 is 2.00 bits per heavy atom. The molecule has 0 aliphatic rings. The van der Waals surface area contributed by atoms with Gasteiger partial charge in [-0.15, -0.1) is 0 Å². The first-order chi connectivity index (χ1) is 11.4. The van der Waals surface area contributed by atoms with Crippen molar-refractivity contribution in [1.82, 2.24) is 10.6 Å². The van der Waals surface area contributed by atoms with Gasteiger partial charge in [-0.25, -0.2) is 4.99 Å². The number of benzene rings is 1. The van der Waals surface area contributed by atoms with E-state index in [1.165, 1.54) is 18.2 Å². The summed E-state index contributed by atoms with van der Waals surface area (Å²) in [7, 11) is 1.61. The van der Waals surface area contributed by atoms with E-state index in [4.69, 9.17) is 9.47 Å². The summed E-state index contributed by atoms with van der Waals surface area (Å²) in [6.07, 6.45) is -4.44. The summed E-state index contributed by atoms with van der Waals surface area (Å²) in [6.45, 7) is 5.31. The number of methoxy groups -OCH3 is 1. The maximum atomic E-state index is 12.9. The normalized spacial score (nSPS) is 13.5. The van der Waals surface area contributed by atoms with Gasteiger partial charge in [-0.3, -0.25) is 0 Å². The van der Waals surface area contributed by atoms with Gasteiger partial charge in [0.2, 0.25) is 0 Å². The zero-order valence-corrected chi connectivity index (χ0v) is 14.1. The molecule has 8 heteroatoms. The van der Waals surface area contributed by atoms with Crippen LogP contribution in [0.5, 0.6) is 5.75 Å². The van der Waals surface area contributed by atoms with Crippen molar-refractivity contribution in [1.29, 1.82) is 0 Å². The zero-order valence-electron chi connectivity index (χ0n) is 14.1. The number of hydrogen-bond donors (Lipinski definition) is 2.